The predicted molar refractivity (Wildman–Crippen MR) is 99.6 cm³/mol. The smallest absolute Gasteiger partial charge is 0.254 e. The molecule has 5 nitrogen and oxygen atoms in total. The highest BCUT2D eigenvalue weighted by atomic mass is 16.2. The van der Waals surface area contributed by atoms with E-state index in [9.17, 15) is 9.59 Å². The van der Waals surface area contributed by atoms with E-state index < -0.39 is 0 Å². The molecule has 0 spiro atoms. The number of piperidine rings is 2. The van der Waals surface area contributed by atoms with Gasteiger partial charge in [0.05, 0.1) is 0 Å². The van der Waals surface area contributed by atoms with Crippen LogP contribution in [0.4, 0.5) is 5.69 Å². The van der Waals surface area contributed by atoms with Crippen molar-refractivity contribution in [2.24, 2.45) is 5.92 Å². The van der Waals surface area contributed by atoms with E-state index >= 15 is 0 Å². The first kappa shape index (κ1) is 17.9. The van der Waals surface area contributed by atoms with Crippen molar-refractivity contribution >= 4 is 17.5 Å². The van der Waals surface area contributed by atoms with Crippen molar-refractivity contribution in [1.29, 1.82) is 0 Å². The number of carbonyl (C=O) groups excluding carboxylic acids is 2. The summed E-state index contributed by atoms with van der Waals surface area (Å²) in [7, 11) is 0. The summed E-state index contributed by atoms with van der Waals surface area (Å²) in [6.07, 6.45) is 5.10. The van der Waals surface area contributed by atoms with E-state index in [1.165, 1.54) is 6.42 Å². The highest BCUT2D eigenvalue weighted by Gasteiger charge is 2.26. The summed E-state index contributed by atoms with van der Waals surface area (Å²) < 4.78 is 0. The number of carbonyl (C=O) groups is 2. The van der Waals surface area contributed by atoms with Crippen LogP contribution in [0, 0.1) is 5.92 Å². The zero-order valence-corrected chi connectivity index (χ0v) is 15.3. The number of benzene rings is 1. The summed E-state index contributed by atoms with van der Waals surface area (Å²) in [4.78, 5) is 27.0. The minimum Gasteiger partial charge on any atom is -0.336 e. The Labute approximate surface area is 150 Å². The van der Waals surface area contributed by atoms with E-state index in [4.69, 9.17) is 0 Å². The minimum atomic E-state index is 0.0618. The number of hydrogen-bond acceptors (Lipinski definition) is 3. The number of likely N-dealkylation sites (tertiary alicyclic amines) is 1. The van der Waals surface area contributed by atoms with E-state index in [1.54, 1.807) is 0 Å². The van der Waals surface area contributed by atoms with Gasteiger partial charge in [-0.25, -0.2) is 0 Å². The zero-order valence-electron chi connectivity index (χ0n) is 15.3. The van der Waals surface area contributed by atoms with Crippen LogP contribution < -0.4 is 10.6 Å². The second-order valence-electron chi connectivity index (χ2n) is 7.49. The fraction of sp³-hybridized carbons (Fsp3) is 0.600. The summed E-state index contributed by atoms with van der Waals surface area (Å²) in [5.74, 6) is 0.237. The summed E-state index contributed by atoms with van der Waals surface area (Å²) in [6, 6.07) is 8.02. The van der Waals surface area contributed by atoms with Gasteiger partial charge in [-0.2, -0.15) is 0 Å². The second-order valence-corrected chi connectivity index (χ2v) is 7.49. The molecule has 136 valence electrons. The third kappa shape index (κ3) is 4.40. The lowest BCUT2D eigenvalue weighted by Gasteiger charge is -2.33. The van der Waals surface area contributed by atoms with Crippen molar-refractivity contribution in [2.75, 3.05) is 18.4 Å². The van der Waals surface area contributed by atoms with Crippen LogP contribution in [-0.2, 0) is 4.79 Å². The van der Waals surface area contributed by atoms with Gasteiger partial charge < -0.3 is 15.5 Å². The molecule has 5 heteroatoms. The number of nitrogens with zero attached hydrogens (tertiary/aromatic N) is 1. The van der Waals surface area contributed by atoms with Gasteiger partial charge in [-0.1, -0.05) is 0 Å². The van der Waals surface area contributed by atoms with Crippen LogP contribution >= 0.6 is 0 Å². The van der Waals surface area contributed by atoms with Gasteiger partial charge in [0.15, 0.2) is 0 Å². The van der Waals surface area contributed by atoms with Gasteiger partial charge in [0.25, 0.3) is 5.91 Å². The molecular formula is C20H29N3O2. The molecule has 3 rings (SSSR count). The monoisotopic (exact) mass is 343 g/mol. The van der Waals surface area contributed by atoms with Gasteiger partial charge in [-0.15, -0.1) is 0 Å². The molecule has 2 aliphatic rings. The quantitative estimate of drug-likeness (QED) is 0.887. The molecule has 1 aromatic carbocycles. The second kappa shape index (κ2) is 8.00. The first-order valence-electron chi connectivity index (χ1n) is 9.50. The maximum atomic E-state index is 12.7. The Kier molecular flexibility index (Phi) is 5.74. The van der Waals surface area contributed by atoms with Crippen molar-refractivity contribution < 1.29 is 9.59 Å². The van der Waals surface area contributed by atoms with Crippen molar-refractivity contribution in [3.63, 3.8) is 0 Å². The van der Waals surface area contributed by atoms with Gasteiger partial charge >= 0.3 is 0 Å². The molecule has 2 aliphatic heterocycles. The number of nitrogens with one attached hydrogen (secondary N) is 2. The Morgan fingerprint density at radius 3 is 2.56 bits per heavy atom. The SMILES string of the molecule is CC1CCCCN1C(=O)c1ccc(NC(=O)[C@H]2CCN[C@@H](C)C2)cc1. The van der Waals surface area contributed by atoms with Gasteiger partial charge in [-0.3, -0.25) is 9.59 Å². The van der Waals surface area contributed by atoms with Crippen molar-refractivity contribution in [1.82, 2.24) is 10.2 Å². The molecular weight excluding hydrogens is 314 g/mol. The standard InChI is InChI=1S/C20H29N3O2/c1-14-13-17(10-11-21-14)19(24)22-18-8-6-16(7-9-18)20(25)23-12-4-3-5-15(23)2/h6-9,14-15,17,21H,3-5,10-13H2,1-2H3,(H,22,24)/t14-,15?,17-/m0/s1. The highest BCUT2D eigenvalue weighted by molar-refractivity contribution is 5.96. The van der Waals surface area contributed by atoms with Gasteiger partial charge in [0.2, 0.25) is 5.91 Å². The molecule has 0 aromatic heterocycles. The molecule has 0 radical (unpaired) electrons. The fourth-order valence-corrected chi connectivity index (χ4v) is 3.88. The summed E-state index contributed by atoms with van der Waals surface area (Å²) in [6.45, 7) is 5.96. The Hall–Kier alpha value is -1.88. The molecule has 1 aromatic rings. The molecule has 3 atom stereocenters. The lowest BCUT2D eigenvalue weighted by Crippen LogP contribution is -2.42. The van der Waals surface area contributed by atoms with Gasteiger partial charge in [-0.05, 0) is 76.8 Å². The first-order valence-corrected chi connectivity index (χ1v) is 9.50. The number of amides is 2. The van der Waals surface area contributed by atoms with Crippen LogP contribution in [0.1, 0.15) is 56.3 Å². The predicted octanol–water partition coefficient (Wildman–Crippen LogP) is 3.03. The molecule has 0 bridgehead atoms. The first-order chi connectivity index (χ1) is 12.0. The Balaban J connectivity index is 1.60. The Bertz CT molecular complexity index is 614. The van der Waals surface area contributed by atoms with Gasteiger partial charge in [0, 0.05) is 35.8 Å². The molecule has 25 heavy (non-hydrogen) atoms. The average molecular weight is 343 g/mol. The number of anilines is 1. The largest absolute Gasteiger partial charge is 0.336 e. The fourth-order valence-electron chi connectivity index (χ4n) is 3.88. The molecule has 2 amide bonds. The minimum absolute atomic E-state index is 0.0618. The van der Waals surface area contributed by atoms with E-state index in [-0.39, 0.29) is 17.7 Å². The number of rotatable bonds is 3. The molecule has 2 heterocycles. The van der Waals surface area contributed by atoms with Crippen LogP contribution in [0.3, 0.4) is 0 Å². The van der Waals surface area contributed by atoms with Crippen LogP contribution in [0.15, 0.2) is 24.3 Å². The highest BCUT2D eigenvalue weighted by Crippen LogP contribution is 2.21. The summed E-state index contributed by atoms with van der Waals surface area (Å²) in [5.41, 5.74) is 1.46. The average Bonchev–Trinajstić information content (AvgIpc) is 2.62. The maximum absolute atomic E-state index is 12.7. The Morgan fingerprint density at radius 1 is 1.12 bits per heavy atom. The summed E-state index contributed by atoms with van der Waals surface area (Å²) in [5, 5.41) is 6.36. The molecule has 2 saturated heterocycles. The molecule has 0 saturated carbocycles. The third-order valence-corrected chi connectivity index (χ3v) is 5.46. The normalized spacial score (nSPS) is 27.0. The van der Waals surface area contributed by atoms with E-state index in [0.717, 1.165) is 44.5 Å². The van der Waals surface area contributed by atoms with Crippen molar-refractivity contribution in [3.05, 3.63) is 29.8 Å². The lowest BCUT2D eigenvalue weighted by atomic mass is 9.92. The van der Waals surface area contributed by atoms with Crippen molar-refractivity contribution in [2.45, 2.75) is 58.0 Å². The molecule has 0 aliphatic carbocycles. The van der Waals surface area contributed by atoms with E-state index in [0.29, 0.717) is 17.6 Å². The molecule has 1 unspecified atom stereocenters. The van der Waals surface area contributed by atoms with Crippen molar-refractivity contribution in [3.8, 4) is 0 Å². The van der Waals surface area contributed by atoms with Crippen LogP contribution in [-0.4, -0.2) is 41.9 Å². The zero-order chi connectivity index (χ0) is 17.8. The van der Waals surface area contributed by atoms with Crippen LogP contribution in [0.2, 0.25) is 0 Å². The van der Waals surface area contributed by atoms with E-state index in [1.807, 2.05) is 29.2 Å². The lowest BCUT2D eigenvalue weighted by molar-refractivity contribution is -0.120. The Morgan fingerprint density at radius 2 is 1.88 bits per heavy atom. The topological polar surface area (TPSA) is 61.4 Å². The third-order valence-electron chi connectivity index (χ3n) is 5.46. The van der Waals surface area contributed by atoms with Crippen LogP contribution in [0.25, 0.3) is 0 Å². The molecule has 2 N–H and O–H groups in total. The summed E-state index contributed by atoms with van der Waals surface area (Å²) >= 11 is 0. The molecule has 2 fully saturated rings. The van der Waals surface area contributed by atoms with Crippen LogP contribution in [0.5, 0.6) is 0 Å². The van der Waals surface area contributed by atoms with E-state index in [2.05, 4.69) is 24.5 Å². The maximum Gasteiger partial charge on any atom is 0.254 e. The number of hydrogen-bond donors (Lipinski definition) is 2. The van der Waals surface area contributed by atoms with Gasteiger partial charge in [0.1, 0.15) is 0 Å².